The molecular formula is C21H21F3N6O5. The molecule has 0 spiro atoms. The van der Waals surface area contributed by atoms with E-state index in [4.69, 9.17) is 5.73 Å². The van der Waals surface area contributed by atoms with E-state index in [-0.39, 0.29) is 41.3 Å². The molecule has 186 valence electrons. The number of primary amides is 1. The number of hydrogen-bond donors (Lipinski definition) is 4. The van der Waals surface area contributed by atoms with Crippen molar-refractivity contribution in [2.75, 3.05) is 28.6 Å². The Hall–Kier alpha value is -4.10. The number of amides is 3. The van der Waals surface area contributed by atoms with Crippen LogP contribution in [0.25, 0.3) is 0 Å². The highest BCUT2D eigenvalue weighted by atomic mass is 19.4. The van der Waals surface area contributed by atoms with Gasteiger partial charge in [-0.15, -0.1) is 13.2 Å². The number of anilines is 3. The predicted molar refractivity (Wildman–Crippen MR) is 117 cm³/mol. The van der Waals surface area contributed by atoms with Crippen LogP contribution in [0.15, 0.2) is 29.1 Å². The Morgan fingerprint density at radius 1 is 1.14 bits per heavy atom. The first-order valence-electron chi connectivity index (χ1n) is 10.6. The van der Waals surface area contributed by atoms with Crippen molar-refractivity contribution in [1.82, 2.24) is 9.97 Å². The second kappa shape index (κ2) is 9.27. The van der Waals surface area contributed by atoms with Gasteiger partial charge in [-0.05, 0) is 37.1 Å². The highest BCUT2D eigenvalue weighted by Crippen LogP contribution is 2.31. The molecule has 5 N–H and O–H groups in total. The van der Waals surface area contributed by atoms with E-state index in [1.54, 1.807) is 4.90 Å². The van der Waals surface area contributed by atoms with Crippen LogP contribution in [0.1, 0.15) is 30.7 Å². The summed E-state index contributed by atoms with van der Waals surface area (Å²) in [7, 11) is 0. The molecule has 1 aromatic heterocycles. The summed E-state index contributed by atoms with van der Waals surface area (Å²) in [6.45, 7) is 0.836. The summed E-state index contributed by atoms with van der Waals surface area (Å²) in [5.74, 6) is -3.38. The number of hydrogen-bond acceptors (Lipinski definition) is 7. The molecular weight excluding hydrogens is 473 g/mol. The molecule has 0 unspecified atom stereocenters. The van der Waals surface area contributed by atoms with Crippen LogP contribution in [0.2, 0.25) is 0 Å². The van der Waals surface area contributed by atoms with Crippen molar-refractivity contribution in [1.29, 1.82) is 0 Å². The van der Waals surface area contributed by atoms with Gasteiger partial charge in [0, 0.05) is 31.1 Å². The molecule has 1 atom stereocenters. The highest BCUT2D eigenvalue weighted by molar-refractivity contribution is 6.04. The Bertz CT molecular complexity index is 1210. The molecule has 4 rings (SSSR count). The van der Waals surface area contributed by atoms with Gasteiger partial charge in [0.2, 0.25) is 23.7 Å². The maximum absolute atomic E-state index is 12.9. The fourth-order valence-corrected chi connectivity index (χ4v) is 4.08. The number of halogens is 3. The molecule has 0 bridgehead atoms. The van der Waals surface area contributed by atoms with Crippen LogP contribution in [0.5, 0.6) is 5.75 Å². The van der Waals surface area contributed by atoms with Crippen molar-refractivity contribution in [3.8, 4) is 5.75 Å². The van der Waals surface area contributed by atoms with Crippen LogP contribution in [0.4, 0.5) is 30.6 Å². The molecule has 35 heavy (non-hydrogen) atoms. The maximum atomic E-state index is 12.9. The fourth-order valence-electron chi connectivity index (χ4n) is 4.08. The molecule has 2 aromatic rings. The minimum absolute atomic E-state index is 0.0325. The van der Waals surface area contributed by atoms with E-state index in [0.717, 1.165) is 12.1 Å². The average molecular weight is 494 g/mol. The number of nitrogens with one attached hydrogen (secondary N) is 3. The lowest BCUT2D eigenvalue weighted by Crippen LogP contribution is -2.41. The Balaban J connectivity index is 1.52. The Labute approximate surface area is 195 Å². The number of H-pyrrole nitrogens is 1. The lowest BCUT2D eigenvalue weighted by atomic mass is 9.92. The number of carbonyl (C=O) groups is 3. The quantitative estimate of drug-likeness (QED) is 0.489. The number of ether oxygens (including phenoxy) is 1. The Morgan fingerprint density at radius 3 is 2.40 bits per heavy atom. The van der Waals surface area contributed by atoms with Crippen LogP contribution < -0.4 is 31.6 Å². The van der Waals surface area contributed by atoms with E-state index in [0.29, 0.717) is 25.9 Å². The third-order valence-electron chi connectivity index (χ3n) is 5.81. The van der Waals surface area contributed by atoms with Gasteiger partial charge in [0.25, 0.3) is 5.56 Å². The van der Waals surface area contributed by atoms with Crippen molar-refractivity contribution < 1.29 is 32.3 Å². The molecule has 3 amide bonds. The zero-order chi connectivity index (χ0) is 25.3. The number of fused-ring (bicyclic) bond motifs is 1. The lowest BCUT2D eigenvalue weighted by Gasteiger charge is -2.32. The van der Waals surface area contributed by atoms with E-state index in [9.17, 15) is 32.3 Å². The minimum atomic E-state index is -4.85. The number of carbonyl (C=O) groups excluding carboxylic acids is 3. The molecule has 3 heterocycles. The number of aromatic nitrogens is 2. The number of nitrogens with two attached hydrogens (primary N) is 1. The van der Waals surface area contributed by atoms with E-state index < -0.39 is 35.4 Å². The monoisotopic (exact) mass is 494 g/mol. The molecule has 1 saturated heterocycles. The van der Waals surface area contributed by atoms with Crippen molar-refractivity contribution >= 4 is 35.2 Å². The number of rotatable bonds is 5. The molecule has 1 aromatic carbocycles. The minimum Gasteiger partial charge on any atom is -0.406 e. The van der Waals surface area contributed by atoms with Gasteiger partial charge in [0.05, 0.1) is 11.5 Å². The Morgan fingerprint density at radius 2 is 1.80 bits per heavy atom. The van der Waals surface area contributed by atoms with Gasteiger partial charge in [-0.25, -0.2) is 0 Å². The molecule has 2 aliphatic rings. The molecule has 0 radical (unpaired) electrons. The van der Waals surface area contributed by atoms with Crippen LogP contribution in [-0.2, 0) is 14.4 Å². The summed E-state index contributed by atoms with van der Waals surface area (Å²) >= 11 is 0. The van der Waals surface area contributed by atoms with Crippen LogP contribution >= 0.6 is 0 Å². The number of benzene rings is 1. The molecule has 0 saturated carbocycles. The lowest BCUT2D eigenvalue weighted by molar-refractivity contribution is -0.274. The third-order valence-corrected chi connectivity index (χ3v) is 5.81. The van der Waals surface area contributed by atoms with Crippen molar-refractivity contribution in [3.63, 3.8) is 0 Å². The first kappa shape index (κ1) is 24.0. The van der Waals surface area contributed by atoms with E-state index in [2.05, 4.69) is 25.3 Å². The van der Waals surface area contributed by atoms with Gasteiger partial charge >= 0.3 is 6.36 Å². The van der Waals surface area contributed by atoms with Crippen LogP contribution in [0, 0.1) is 5.92 Å². The topological polar surface area (TPSA) is 160 Å². The largest absolute Gasteiger partial charge is 0.573 e. The van der Waals surface area contributed by atoms with Gasteiger partial charge in [-0.2, -0.15) is 4.98 Å². The van der Waals surface area contributed by atoms with Crippen molar-refractivity contribution in [3.05, 3.63) is 40.2 Å². The summed E-state index contributed by atoms with van der Waals surface area (Å²) in [5, 5.41) is 5.00. The second-order valence-corrected chi connectivity index (χ2v) is 8.18. The third kappa shape index (κ3) is 5.53. The SMILES string of the molecule is NC(=O)C1CCN(c2nc3c(c(=O)[nH]2)[C@H](C(=O)Nc2ccc(OC(F)(F)F)cc2)CC(=O)N3)CC1. The van der Waals surface area contributed by atoms with E-state index in [1.165, 1.54) is 12.1 Å². The molecule has 0 aliphatic carbocycles. The first-order chi connectivity index (χ1) is 16.5. The van der Waals surface area contributed by atoms with Gasteiger partial charge < -0.3 is 26.0 Å². The summed E-state index contributed by atoms with van der Waals surface area (Å²) in [4.78, 5) is 58.1. The zero-order valence-corrected chi connectivity index (χ0v) is 18.1. The van der Waals surface area contributed by atoms with Crippen molar-refractivity contribution in [2.45, 2.75) is 31.5 Å². The Kier molecular flexibility index (Phi) is 6.37. The predicted octanol–water partition coefficient (Wildman–Crippen LogP) is 1.43. The molecule has 2 aliphatic heterocycles. The van der Waals surface area contributed by atoms with Crippen LogP contribution in [-0.4, -0.2) is 47.1 Å². The fraction of sp³-hybridized carbons (Fsp3) is 0.381. The average Bonchev–Trinajstić information content (AvgIpc) is 2.78. The summed E-state index contributed by atoms with van der Waals surface area (Å²) in [6.07, 6.45) is -4.20. The summed E-state index contributed by atoms with van der Waals surface area (Å²) < 4.78 is 40.7. The van der Waals surface area contributed by atoms with E-state index >= 15 is 0 Å². The number of piperidine rings is 1. The summed E-state index contributed by atoms with van der Waals surface area (Å²) in [6, 6.07) is 4.44. The van der Waals surface area contributed by atoms with Gasteiger partial charge in [0.1, 0.15) is 11.6 Å². The van der Waals surface area contributed by atoms with E-state index in [1.807, 2.05) is 0 Å². The zero-order valence-electron chi connectivity index (χ0n) is 18.1. The highest BCUT2D eigenvalue weighted by Gasteiger charge is 2.36. The smallest absolute Gasteiger partial charge is 0.406 e. The number of aromatic amines is 1. The van der Waals surface area contributed by atoms with Crippen molar-refractivity contribution in [2.24, 2.45) is 11.7 Å². The normalized spacial score (nSPS) is 18.4. The molecule has 11 nitrogen and oxygen atoms in total. The van der Waals surface area contributed by atoms with Crippen LogP contribution in [0.3, 0.4) is 0 Å². The standard InChI is InChI=1S/C21H21F3N6O5/c22-21(23,24)35-12-3-1-11(2-4-12)26-18(33)13-9-14(31)27-17-15(13)19(34)29-20(28-17)30-7-5-10(6-8-30)16(25)32/h1-4,10,13H,5-9H2,(H2,25,32)(H,26,33)(H2,27,28,29,31,34)/t13-/m1/s1. The first-order valence-corrected chi connectivity index (χ1v) is 10.6. The second-order valence-electron chi connectivity index (χ2n) is 8.18. The molecule has 14 heteroatoms. The summed E-state index contributed by atoms with van der Waals surface area (Å²) in [5.41, 5.74) is 4.85. The molecule has 1 fully saturated rings. The van der Waals surface area contributed by atoms with Gasteiger partial charge in [-0.3, -0.25) is 24.2 Å². The number of nitrogens with zero attached hydrogens (tertiary/aromatic N) is 2. The van der Waals surface area contributed by atoms with Gasteiger partial charge in [-0.1, -0.05) is 0 Å². The number of alkyl halides is 3. The van der Waals surface area contributed by atoms with Gasteiger partial charge in [0.15, 0.2) is 0 Å². The maximum Gasteiger partial charge on any atom is 0.573 e.